The highest BCUT2D eigenvalue weighted by atomic mass is 16.3. The number of para-hydroxylation sites is 5. The fourth-order valence-electron chi connectivity index (χ4n) is 9.92. The van der Waals surface area contributed by atoms with Gasteiger partial charge in [-0.25, -0.2) is 0 Å². The van der Waals surface area contributed by atoms with Gasteiger partial charge in [-0.3, -0.25) is 0 Å². The zero-order valence-corrected chi connectivity index (χ0v) is 31.6. The van der Waals surface area contributed by atoms with Crippen LogP contribution in [0.25, 0.3) is 60.6 Å². The Labute approximate surface area is 336 Å². The van der Waals surface area contributed by atoms with Crippen LogP contribution in [0.4, 0.5) is 17.1 Å². The third-order valence-electron chi connectivity index (χ3n) is 12.3. The van der Waals surface area contributed by atoms with Crippen LogP contribution in [0, 0.1) is 0 Å². The van der Waals surface area contributed by atoms with Crippen LogP contribution in [0.1, 0.15) is 22.3 Å². The van der Waals surface area contributed by atoms with Crippen molar-refractivity contribution in [3.8, 4) is 16.8 Å². The second-order valence-corrected chi connectivity index (χ2v) is 15.2. The number of hydrogen-bond donors (Lipinski definition) is 0. The van der Waals surface area contributed by atoms with Crippen molar-refractivity contribution in [1.82, 2.24) is 4.57 Å². The lowest BCUT2D eigenvalue weighted by molar-refractivity contribution is 0.648. The Morgan fingerprint density at radius 3 is 1.67 bits per heavy atom. The molecular formula is C55H36N2O. The first-order chi connectivity index (χ1) is 28.8. The Bertz CT molecular complexity index is 3300. The van der Waals surface area contributed by atoms with Crippen molar-refractivity contribution in [1.29, 1.82) is 0 Å². The summed E-state index contributed by atoms with van der Waals surface area (Å²) in [6, 6.07) is 78.9. The van der Waals surface area contributed by atoms with E-state index in [1.165, 1.54) is 49.6 Å². The molecule has 272 valence electrons. The second kappa shape index (κ2) is 12.7. The van der Waals surface area contributed by atoms with E-state index in [1.54, 1.807) is 0 Å². The van der Waals surface area contributed by atoms with E-state index >= 15 is 0 Å². The molecule has 0 N–H and O–H groups in total. The average Bonchev–Trinajstić information content (AvgIpc) is 3.95. The number of rotatable bonds is 6. The molecule has 0 amide bonds. The third kappa shape index (κ3) is 4.56. The van der Waals surface area contributed by atoms with Gasteiger partial charge < -0.3 is 13.9 Å². The van der Waals surface area contributed by atoms with Gasteiger partial charge >= 0.3 is 0 Å². The number of benzene rings is 9. The van der Waals surface area contributed by atoms with Crippen LogP contribution >= 0.6 is 0 Å². The van der Waals surface area contributed by atoms with E-state index in [0.717, 1.165) is 50.3 Å². The summed E-state index contributed by atoms with van der Waals surface area (Å²) in [6.45, 7) is 0. The molecule has 2 aromatic heterocycles. The first-order valence-corrected chi connectivity index (χ1v) is 19.9. The van der Waals surface area contributed by atoms with E-state index in [9.17, 15) is 0 Å². The van der Waals surface area contributed by atoms with Gasteiger partial charge in [0, 0.05) is 44.2 Å². The summed E-state index contributed by atoms with van der Waals surface area (Å²) in [6.07, 6.45) is 0. The van der Waals surface area contributed by atoms with Gasteiger partial charge in [-0.1, -0.05) is 164 Å². The summed E-state index contributed by atoms with van der Waals surface area (Å²) in [5.74, 6) is 0. The Morgan fingerprint density at radius 1 is 0.379 bits per heavy atom. The summed E-state index contributed by atoms with van der Waals surface area (Å²) >= 11 is 0. The molecule has 11 aromatic rings. The predicted octanol–water partition coefficient (Wildman–Crippen LogP) is 14.5. The van der Waals surface area contributed by atoms with Crippen LogP contribution in [0.15, 0.2) is 223 Å². The molecule has 3 heteroatoms. The minimum atomic E-state index is -0.584. The molecule has 12 rings (SSSR count). The van der Waals surface area contributed by atoms with Crippen molar-refractivity contribution in [3.63, 3.8) is 0 Å². The molecule has 0 aliphatic heterocycles. The SMILES string of the molecule is c1ccc(N(c2ccc3c(c2)c2ccccc2n3-c2ccccc2)c2cccc3c2oc2c(C4(c5ccccc5)c5ccccc5-c5ccccc54)cccc23)cc1. The fourth-order valence-corrected chi connectivity index (χ4v) is 9.92. The van der Waals surface area contributed by atoms with Crippen LogP contribution in [-0.4, -0.2) is 4.57 Å². The van der Waals surface area contributed by atoms with Crippen molar-refractivity contribution in [3.05, 3.63) is 241 Å². The highest BCUT2D eigenvalue weighted by Crippen LogP contribution is 2.58. The number of fused-ring (bicyclic) bond motifs is 9. The molecule has 0 saturated heterocycles. The first-order valence-electron chi connectivity index (χ1n) is 19.9. The van der Waals surface area contributed by atoms with Crippen LogP contribution in [-0.2, 0) is 5.41 Å². The Morgan fingerprint density at radius 2 is 0.931 bits per heavy atom. The minimum absolute atomic E-state index is 0.584. The van der Waals surface area contributed by atoms with Gasteiger partial charge in [-0.05, 0) is 82.4 Å². The topological polar surface area (TPSA) is 21.3 Å². The van der Waals surface area contributed by atoms with Gasteiger partial charge in [0.2, 0.25) is 0 Å². The molecule has 1 aliphatic carbocycles. The highest BCUT2D eigenvalue weighted by molar-refractivity contribution is 6.14. The lowest BCUT2D eigenvalue weighted by Gasteiger charge is -2.33. The summed E-state index contributed by atoms with van der Waals surface area (Å²) < 4.78 is 9.77. The highest BCUT2D eigenvalue weighted by Gasteiger charge is 2.47. The number of anilines is 3. The third-order valence-corrected chi connectivity index (χ3v) is 12.3. The average molecular weight is 741 g/mol. The zero-order chi connectivity index (χ0) is 38.2. The Kier molecular flexibility index (Phi) is 7.14. The van der Waals surface area contributed by atoms with E-state index in [0.29, 0.717) is 0 Å². The van der Waals surface area contributed by atoms with Crippen molar-refractivity contribution in [2.75, 3.05) is 4.90 Å². The Hall–Kier alpha value is -7.62. The largest absolute Gasteiger partial charge is 0.453 e. The molecule has 58 heavy (non-hydrogen) atoms. The molecule has 0 fully saturated rings. The molecule has 0 atom stereocenters. The van der Waals surface area contributed by atoms with E-state index < -0.39 is 5.41 Å². The van der Waals surface area contributed by atoms with Gasteiger partial charge in [0.1, 0.15) is 5.58 Å². The van der Waals surface area contributed by atoms with Crippen LogP contribution in [0.3, 0.4) is 0 Å². The molecule has 0 radical (unpaired) electrons. The van der Waals surface area contributed by atoms with Crippen LogP contribution in [0.5, 0.6) is 0 Å². The summed E-state index contributed by atoms with van der Waals surface area (Å²) in [4.78, 5) is 2.35. The molecule has 3 nitrogen and oxygen atoms in total. The summed E-state index contributed by atoms with van der Waals surface area (Å²) in [5, 5.41) is 4.59. The predicted molar refractivity (Wildman–Crippen MR) is 240 cm³/mol. The minimum Gasteiger partial charge on any atom is -0.453 e. The van der Waals surface area contributed by atoms with Crippen molar-refractivity contribution in [2.45, 2.75) is 5.41 Å². The number of furan rings is 1. The smallest absolute Gasteiger partial charge is 0.159 e. The van der Waals surface area contributed by atoms with Gasteiger partial charge in [0.15, 0.2) is 5.58 Å². The number of hydrogen-bond acceptors (Lipinski definition) is 2. The standard InChI is InChI=1S/C55H36N2O/c1-4-18-37(19-5-1)55(47-29-13-10-24-41(47)42-25-11-14-30-48(42)55)49-31-16-27-44-45-28-17-33-52(54(45)58-53(44)49)56(38-20-6-2-7-21-38)40-34-35-51-46(36-40)43-26-12-15-32-50(43)57(51)39-22-8-3-9-23-39/h1-36H. The van der Waals surface area contributed by atoms with E-state index in [-0.39, 0.29) is 0 Å². The number of aromatic nitrogens is 1. The zero-order valence-electron chi connectivity index (χ0n) is 31.6. The lowest BCUT2D eigenvalue weighted by Crippen LogP contribution is -2.28. The van der Waals surface area contributed by atoms with Gasteiger partial charge in [-0.15, -0.1) is 0 Å². The molecule has 0 bridgehead atoms. The van der Waals surface area contributed by atoms with Crippen LogP contribution < -0.4 is 4.90 Å². The van der Waals surface area contributed by atoms with Gasteiger partial charge in [-0.2, -0.15) is 0 Å². The van der Waals surface area contributed by atoms with Crippen LogP contribution in [0.2, 0.25) is 0 Å². The van der Waals surface area contributed by atoms with Gasteiger partial charge in [0.05, 0.1) is 22.1 Å². The van der Waals surface area contributed by atoms with E-state index in [1.807, 2.05) is 0 Å². The van der Waals surface area contributed by atoms with Crippen molar-refractivity contribution < 1.29 is 4.42 Å². The Balaban J connectivity index is 1.13. The van der Waals surface area contributed by atoms with Crippen molar-refractivity contribution in [2.24, 2.45) is 0 Å². The monoisotopic (exact) mass is 740 g/mol. The maximum atomic E-state index is 7.40. The lowest BCUT2D eigenvalue weighted by atomic mass is 9.67. The number of nitrogens with zero attached hydrogens (tertiary/aromatic N) is 2. The molecule has 9 aromatic carbocycles. The van der Waals surface area contributed by atoms with Crippen molar-refractivity contribution >= 4 is 60.8 Å². The fraction of sp³-hybridized carbons (Fsp3) is 0.0182. The molecule has 1 aliphatic rings. The summed E-state index contributed by atoms with van der Waals surface area (Å²) in [5.41, 5.74) is 15.2. The molecule has 0 unspecified atom stereocenters. The maximum Gasteiger partial charge on any atom is 0.159 e. The normalized spacial score (nSPS) is 13.0. The first kappa shape index (κ1) is 32.6. The molecule has 0 spiro atoms. The quantitative estimate of drug-likeness (QED) is 0.169. The maximum absolute atomic E-state index is 7.40. The second-order valence-electron chi connectivity index (χ2n) is 15.2. The summed E-state index contributed by atoms with van der Waals surface area (Å²) in [7, 11) is 0. The molecular weight excluding hydrogens is 705 g/mol. The molecule has 2 heterocycles. The van der Waals surface area contributed by atoms with Gasteiger partial charge in [0.25, 0.3) is 0 Å². The van der Waals surface area contributed by atoms with E-state index in [4.69, 9.17) is 4.42 Å². The molecule has 0 saturated carbocycles. The van der Waals surface area contributed by atoms with E-state index in [2.05, 4.69) is 228 Å².